The van der Waals surface area contributed by atoms with E-state index < -0.39 is 0 Å². The van der Waals surface area contributed by atoms with Crippen LogP contribution in [0.3, 0.4) is 0 Å². The molecule has 1 unspecified atom stereocenters. The van der Waals surface area contributed by atoms with E-state index >= 15 is 0 Å². The topological polar surface area (TPSA) is 3.24 Å². The van der Waals surface area contributed by atoms with E-state index in [4.69, 9.17) is 0 Å². The Kier molecular flexibility index (Phi) is 5.51. The fourth-order valence-electron chi connectivity index (χ4n) is 2.24. The van der Waals surface area contributed by atoms with Crippen molar-refractivity contribution in [1.29, 1.82) is 0 Å². The molecule has 1 aromatic rings. The largest absolute Gasteiger partial charge is 0.372 e. The molecule has 0 radical (unpaired) electrons. The molecule has 1 aromatic carbocycles. The molecule has 1 rings (SSSR count). The summed E-state index contributed by atoms with van der Waals surface area (Å²) in [5, 5.41) is 0.919. The first-order valence-electron chi connectivity index (χ1n) is 6.34. The van der Waals surface area contributed by atoms with Gasteiger partial charge >= 0.3 is 0 Å². The molecule has 0 bridgehead atoms. The van der Waals surface area contributed by atoms with Gasteiger partial charge in [0.25, 0.3) is 0 Å². The third kappa shape index (κ3) is 4.02. The highest BCUT2D eigenvalue weighted by Crippen LogP contribution is 2.26. The first-order valence-corrected chi connectivity index (χ1v) is 7.46. The van der Waals surface area contributed by atoms with Crippen molar-refractivity contribution in [3.63, 3.8) is 0 Å². The molecule has 0 saturated heterocycles. The number of nitrogens with zero attached hydrogens (tertiary/aromatic N) is 1. The zero-order valence-electron chi connectivity index (χ0n) is 11.6. The van der Waals surface area contributed by atoms with Crippen LogP contribution < -0.4 is 4.90 Å². The van der Waals surface area contributed by atoms with Gasteiger partial charge in [-0.05, 0) is 37.8 Å². The summed E-state index contributed by atoms with van der Waals surface area (Å²) >= 11 is 3.58. The van der Waals surface area contributed by atoms with E-state index in [0.29, 0.717) is 6.04 Å². The average molecular weight is 298 g/mol. The lowest BCUT2D eigenvalue weighted by Gasteiger charge is -2.30. The van der Waals surface area contributed by atoms with Crippen LogP contribution in [0.4, 0.5) is 5.69 Å². The number of aryl methyl sites for hydroxylation is 1. The van der Waals surface area contributed by atoms with Crippen LogP contribution in [0.5, 0.6) is 0 Å². The maximum Gasteiger partial charge on any atom is 0.0407 e. The van der Waals surface area contributed by atoms with Gasteiger partial charge in [0.15, 0.2) is 0 Å². The highest BCUT2D eigenvalue weighted by atomic mass is 79.9. The Balaban J connectivity index is 2.91. The van der Waals surface area contributed by atoms with E-state index in [1.54, 1.807) is 0 Å². The van der Waals surface area contributed by atoms with Crippen molar-refractivity contribution in [2.75, 3.05) is 11.9 Å². The minimum Gasteiger partial charge on any atom is -0.372 e. The van der Waals surface area contributed by atoms with Crippen molar-refractivity contribution in [3.05, 3.63) is 29.3 Å². The molecule has 0 heterocycles. The Labute approximate surface area is 114 Å². The van der Waals surface area contributed by atoms with Crippen LogP contribution in [0.15, 0.2) is 18.2 Å². The fourth-order valence-corrected chi connectivity index (χ4v) is 2.69. The summed E-state index contributed by atoms with van der Waals surface area (Å²) in [5.41, 5.74) is 4.05. The summed E-state index contributed by atoms with van der Waals surface area (Å²) < 4.78 is 0. The molecule has 0 amide bonds. The van der Waals surface area contributed by atoms with Crippen molar-refractivity contribution in [3.8, 4) is 0 Å². The monoisotopic (exact) mass is 297 g/mol. The predicted molar refractivity (Wildman–Crippen MR) is 81.1 cm³/mol. The summed E-state index contributed by atoms with van der Waals surface area (Å²) in [6.45, 7) is 9.01. The molecule has 0 aliphatic rings. The van der Waals surface area contributed by atoms with Gasteiger partial charge in [0.2, 0.25) is 0 Å². The van der Waals surface area contributed by atoms with Gasteiger partial charge in [-0.2, -0.15) is 0 Å². The van der Waals surface area contributed by atoms with Crippen LogP contribution >= 0.6 is 15.9 Å². The van der Waals surface area contributed by atoms with Crippen molar-refractivity contribution in [1.82, 2.24) is 0 Å². The molecule has 1 atom stereocenters. The molecule has 17 heavy (non-hydrogen) atoms. The van der Waals surface area contributed by atoms with Crippen LogP contribution in [-0.4, -0.2) is 13.1 Å². The Morgan fingerprint density at radius 1 is 1.24 bits per heavy atom. The summed E-state index contributed by atoms with van der Waals surface area (Å²) in [6.07, 6.45) is 1.23. The first kappa shape index (κ1) is 14.6. The summed E-state index contributed by atoms with van der Waals surface area (Å²) in [7, 11) is 2.20. The standard InChI is InChI=1S/C15H24BrN/c1-11(2)8-13(4)17(5)15-7-6-12(3)9-14(15)10-16/h6-7,9,11,13H,8,10H2,1-5H3. The third-order valence-electron chi connectivity index (χ3n) is 3.23. The van der Waals surface area contributed by atoms with Crippen molar-refractivity contribution >= 4 is 21.6 Å². The number of alkyl halides is 1. The Bertz CT molecular complexity index is 360. The van der Waals surface area contributed by atoms with E-state index in [1.165, 1.54) is 23.2 Å². The highest BCUT2D eigenvalue weighted by molar-refractivity contribution is 9.08. The number of halogens is 1. The second-order valence-electron chi connectivity index (χ2n) is 5.36. The van der Waals surface area contributed by atoms with Gasteiger partial charge in [0.1, 0.15) is 0 Å². The van der Waals surface area contributed by atoms with Crippen LogP contribution in [0, 0.1) is 12.8 Å². The van der Waals surface area contributed by atoms with Crippen LogP contribution in [0.1, 0.15) is 38.3 Å². The minimum atomic E-state index is 0.579. The maximum atomic E-state index is 3.58. The Morgan fingerprint density at radius 2 is 1.88 bits per heavy atom. The molecule has 0 aliphatic carbocycles. The summed E-state index contributed by atoms with van der Waals surface area (Å²) in [4.78, 5) is 2.40. The lowest BCUT2D eigenvalue weighted by atomic mass is 10.0. The normalized spacial score (nSPS) is 12.9. The molecular weight excluding hydrogens is 274 g/mol. The number of hydrogen-bond acceptors (Lipinski definition) is 1. The predicted octanol–water partition coefficient (Wildman–Crippen LogP) is 4.76. The lowest BCUT2D eigenvalue weighted by molar-refractivity contribution is 0.503. The van der Waals surface area contributed by atoms with E-state index in [0.717, 1.165) is 11.2 Å². The van der Waals surface area contributed by atoms with E-state index in [-0.39, 0.29) is 0 Å². The highest BCUT2D eigenvalue weighted by Gasteiger charge is 2.14. The van der Waals surface area contributed by atoms with Gasteiger partial charge in [0, 0.05) is 24.1 Å². The average Bonchev–Trinajstić information content (AvgIpc) is 2.27. The van der Waals surface area contributed by atoms with Gasteiger partial charge < -0.3 is 4.90 Å². The van der Waals surface area contributed by atoms with Crippen molar-refractivity contribution in [2.45, 2.75) is 45.5 Å². The van der Waals surface area contributed by atoms with E-state index in [1.807, 2.05) is 0 Å². The van der Waals surface area contributed by atoms with E-state index in [9.17, 15) is 0 Å². The molecule has 2 heteroatoms. The second kappa shape index (κ2) is 6.44. The zero-order valence-corrected chi connectivity index (χ0v) is 13.2. The van der Waals surface area contributed by atoms with Crippen molar-refractivity contribution in [2.24, 2.45) is 5.92 Å². The summed E-state index contributed by atoms with van der Waals surface area (Å²) in [5.74, 6) is 0.741. The lowest BCUT2D eigenvalue weighted by Crippen LogP contribution is -2.30. The van der Waals surface area contributed by atoms with Gasteiger partial charge in [-0.25, -0.2) is 0 Å². The number of anilines is 1. The number of rotatable bonds is 5. The van der Waals surface area contributed by atoms with Gasteiger partial charge in [-0.1, -0.05) is 47.5 Å². The first-order chi connectivity index (χ1) is 7.95. The molecular formula is C15H24BrN. The zero-order chi connectivity index (χ0) is 13.0. The quantitative estimate of drug-likeness (QED) is 0.708. The molecule has 96 valence electrons. The molecule has 0 aliphatic heterocycles. The smallest absolute Gasteiger partial charge is 0.0407 e. The van der Waals surface area contributed by atoms with Gasteiger partial charge in [0.05, 0.1) is 0 Å². The van der Waals surface area contributed by atoms with Crippen molar-refractivity contribution < 1.29 is 0 Å². The minimum absolute atomic E-state index is 0.579. The fraction of sp³-hybridized carbons (Fsp3) is 0.600. The number of benzene rings is 1. The molecule has 0 aromatic heterocycles. The van der Waals surface area contributed by atoms with Crippen LogP contribution in [-0.2, 0) is 5.33 Å². The van der Waals surface area contributed by atoms with Gasteiger partial charge in [-0.15, -0.1) is 0 Å². The summed E-state index contributed by atoms with van der Waals surface area (Å²) in [6, 6.07) is 7.28. The second-order valence-corrected chi connectivity index (χ2v) is 5.92. The van der Waals surface area contributed by atoms with Crippen LogP contribution in [0.2, 0.25) is 0 Å². The molecule has 0 spiro atoms. The molecule has 0 N–H and O–H groups in total. The molecule has 1 nitrogen and oxygen atoms in total. The Hall–Kier alpha value is -0.500. The maximum absolute atomic E-state index is 3.58. The van der Waals surface area contributed by atoms with Gasteiger partial charge in [-0.3, -0.25) is 0 Å². The molecule has 0 fully saturated rings. The third-order valence-corrected chi connectivity index (χ3v) is 3.84. The SMILES string of the molecule is Cc1ccc(N(C)C(C)CC(C)C)c(CBr)c1. The van der Waals surface area contributed by atoms with Crippen LogP contribution in [0.25, 0.3) is 0 Å². The molecule has 0 saturated carbocycles. The van der Waals surface area contributed by atoms with E-state index in [2.05, 4.69) is 73.8 Å². The number of hydrogen-bond donors (Lipinski definition) is 0. The Morgan fingerprint density at radius 3 is 2.41 bits per heavy atom.